The first-order chi connectivity index (χ1) is 10.6. The van der Waals surface area contributed by atoms with Gasteiger partial charge in [-0.05, 0) is 37.4 Å². The van der Waals surface area contributed by atoms with Crippen LogP contribution in [0.3, 0.4) is 0 Å². The number of hydrogen-bond donors (Lipinski definition) is 0. The van der Waals surface area contributed by atoms with E-state index in [-0.39, 0.29) is 5.78 Å². The van der Waals surface area contributed by atoms with Gasteiger partial charge in [0.25, 0.3) is 0 Å². The number of nitrogens with zero attached hydrogens (tertiary/aromatic N) is 3. The summed E-state index contributed by atoms with van der Waals surface area (Å²) in [7, 11) is 0. The lowest BCUT2D eigenvalue weighted by Crippen LogP contribution is -2.00. The monoisotopic (exact) mass is 347 g/mol. The smallest absolute Gasteiger partial charge is 0.183 e. The van der Waals surface area contributed by atoms with E-state index in [0.717, 1.165) is 31.2 Å². The second kappa shape index (κ2) is 6.68. The minimum atomic E-state index is 0.125. The van der Waals surface area contributed by atoms with Gasteiger partial charge >= 0.3 is 0 Å². The Kier molecular flexibility index (Phi) is 4.66. The number of aromatic nitrogens is 3. The maximum absolute atomic E-state index is 11.9. The van der Waals surface area contributed by atoms with Gasteiger partial charge in [0.15, 0.2) is 5.78 Å². The van der Waals surface area contributed by atoms with Crippen molar-refractivity contribution in [2.75, 3.05) is 5.75 Å². The standard InChI is InChI=1S/C15H13N3OS3/c1-9-15(22-10(2)16-9)11-5-6-14(18-17-11)21-8-12(19)13-4-3-7-20-13/h3-7H,8H2,1-2H3. The van der Waals surface area contributed by atoms with Crippen LogP contribution < -0.4 is 0 Å². The van der Waals surface area contributed by atoms with Crippen molar-refractivity contribution >= 4 is 40.2 Å². The highest BCUT2D eigenvalue weighted by atomic mass is 32.2. The number of carbonyl (C=O) groups is 1. The van der Waals surface area contributed by atoms with Crippen LogP contribution in [0.5, 0.6) is 0 Å². The molecular formula is C15H13N3OS3. The minimum Gasteiger partial charge on any atom is -0.292 e. The van der Waals surface area contributed by atoms with Gasteiger partial charge in [-0.25, -0.2) is 4.98 Å². The molecule has 0 fully saturated rings. The number of Topliss-reactive ketones (excluding diaryl/α,β-unsaturated/α-hetero) is 1. The van der Waals surface area contributed by atoms with E-state index in [2.05, 4.69) is 15.2 Å². The summed E-state index contributed by atoms with van der Waals surface area (Å²) in [5.41, 5.74) is 1.81. The molecule has 0 aliphatic carbocycles. The Balaban J connectivity index is 1.67. The molecular weight excluding hydrogens is 334 g/mol. The van der Waals surface area contributed by atoms with Gasteiger partial charge in [-0.2, -0.15) is 0 Å². The van der Waals surface area contributed by atoms with Crippen molar-refractivity contribution in [3.8, 4) is 10.6 Å². The van der Waals surface area contributed by atoms with Crippen molar-refractivity contribution in [2.45, 2.75) is 18.9 Å². The summed E-state index contributed by atoms with van der Waals surface area (Å²) in [5.74, 6) is 0.507. The van der Waals surface area contributed by atoms with E-state index in [0.29, 0.717) is 5.75 Å². The Labute approximate surface area is 140 Å². The quantitative estimate of drug-likeness (QED) is 0.510. The molecule has 0 N–H and O–H groups in total. The summed E-state index contributed by atoms with van der Waals surface area (Å²) in [4.78, 5) is 18.2. The molecule has 22 heavy (non-hydrogen) atoms. The molecule has 0 aliphatic rings. The van der Waals surface area contributed by atoms with Gasteiger partial charge in [0.2, 0.25) is 0 Å². The van der Waals surface area contributed by atoms with E-state index in [1.165, 1.54) is 23.1 Å². The number of thiophene rings is 1. The average Bonchev–Trinajstić information content (AvgIpc) is 3.15. The Hall–Kier alpha value is -1.57. The average molecular weight is 347 g/mol. The molecule has 3 aromatic rings. The molecule has 0 atom stereocenters. The molecule has 4 nitrogen and oxygen atoms in total. The van der Waals surface area contributed by atoms with Gasteiger partial charge in [0.1, 0.15) is 10.7 Å². The first-order valence-electron chi connectivity index (χ1n) is 6.61. The number of ketones is 1. The molecule has 0 radical (unpaired) electrons. The van der Waals surface area contributed by atoms with Crippen molar-refractivity contribution in [3.05, 3.63) is 45.2 Å². The van der Waals surface area contributed by atoms with Crippen molar-refractivity contribution in [2.24, 2.45) is 0 Å². The first-order valence-corrected chi connectivity index (χ1v) is 9.29. The molecule has 0 spiro atoms. The highest BCUT2D eigenvalue weighted by Gasteiger charge is 2.11. The molecule has 0 aromatic carbocycles. The second-order valence-electron chi connectivity index (χ2n) is 4.59. The molecule has 3 aromatic heterocycles. The summed E-state index contributed by atoms with van der Waals surface area (Å²) >= 11 is 4.49. The van der Waals surface area contributed by atoms with Crippen molar-refractivity contribution < 1.29 is 4.79 Å². The van der Waals surface area contributed by atoms with E-state index in [1.807, 2.05) is 43.5 Å². The molecule has 3 rings (SSSR count). The van der Waals surface area contributed by atoms with E-state index in [9.17, 15) is 4.79 Å². The first kappa shape index (κ1) is 15.3. The van der Waals surface area contributed by atoms with E-state index in [1.54, 1.807) is 11.3 Å². The van der Waals surface area contributed by atoms with Crippen LogP contribution in [0, 0.1) is 13.8 Å². The van der Waals surface area contributed by atoms with Crippen LogP contribution in [0.25, 0.3) is 10.6 Å². The fourth-order valence-electron chi connectivity index (χ4n) is 1.93. The number of aryl methyl sites for hydroxylation is 2. The maximum atomic E-state index is 11.9. The van der Waals surface area contributed by atoms with Crippen molar-refractivity contribution in [1.29, 1.82) is 0 Å². The van der Waals surface area contributed by atoms with Gasteiger partial charge < -0.3 is 0 Å². The number of thioether (sulfide) groups is 1. The molecule has 0 saturated heterocycles. The van der Waals surface area contributed by atoms with Crippen LogP contribution in [0.2, 0.25) is 0 Å². The SMILES string of the molecule is Cc1nc(C)c(-c2ccc(SCC(=O)c3cccs3)nn2)s1. The highest BCUT2D eigenvalue weighted by molar-refractivity contribution is 7.99. The fourth-order valence-corrected chi connectivity index (χ4v) is 4.27. The van der Waals surface area contributed by atoms with Crippen molar-refractivity contribution in [1.82, 2.24) is 15.2 Å². The van der Waals surface area contributed by atoms with Crippen LogP contribution in [0.15, 0.2) is 34.7 Å². The number of rotatable bonds is 5. The van der Waals surface area contributed by atoms with Gasteiger partial charge in [0.05, 0.1) is 26.2 Å². The van der Waals surface area contributed by atoms with Gasteiger partial charge in [-0.15, -0.1) is 32.9 Å². The zero-order chi connectivity index (χ0) is 15.5. The van der Waals surface area contributed by atoms with Gasteiger partial charge in [0, 0.05) is 0 Å². The Morgan fingerprint density at radius 2 is 2.09 bits per heavy atom. The molecule has 0 aliphatic heterocycles. The summed E-state index contributed by atoms with van der Waals surface area (Å²) in [6, 6.07) is 7.57. The van der Waals surface area contributed by atoms with E-state index in [4.69, 9.17) is 0 Å². The van der Waals surface area contributed by atoms with E-state index >= 15 is 0 Å². The van der Waals surface area contributed by atoms with Crippen LogP contribution >= 0.6 is 34.4 Å². The predicted octanol–water partition coefficient (Wildman–Crippen LogP) is 4.25. The Morgan fingerprint density at radius 1 is 1.23 bits per heavy atom. The summed E-state index contributed by atoms with van der Waals surface area (Å²) in [5, 5.41) is 12.1. The summed E-state index contributed by atoms with van der Waals surface area (Å²) in [6.45, 7) is 3.96. The largest absolute Gasteiger partial charge is 0.292 e. The molecule has 0 bridgehead atoms. The predicted molar refractivity (Wildman–Crippen MR) is 92.0 cm³/mol. The zero-order valence-electron chi connectivity index (χ0n) is 12.1. The third-order valence-corrected chi connectivity index (χ3v) is 5.85. The lowest BCUT2D eigenvalue weighted by Gasteiger charge is -2.01. The zero-order valence-corrected chi connectivity index (χ0v) is 14.5. The van der Waals surface area contributed by atoms with Crippen LogP contribution in [0.4, 0.5) is 0 Å². The Bertz CT molecular complexity index is 779. The number of thiazole rings is 1. The minimum absolute atomic E-state index is 0.125. The molecule has 112 valence electrons. The van der Waals surface area contributed by atoms with Crippen LogP contribution in [-0.4, -0.2) is 26.7 Å². The molecule has 3 heterocycles. The second-order valence-corrected chi connectivity index (χ2v) is 7.74. The third-order valence-electron chi connectivity index (χ3n) is 2.92. The molecule has 7 heteroatoms. The lowest BCUT2D eigenvalue weighted by atomic mass is 10.3. The number of carbonyl (C=O) groups excluding carboxylic acids is 1. The summed E-state index contributed by atoms with van der Waals surface area (Å²) < 4.78 is 0. The van der Waals surface area contributed by atoms with Crippen LogP contribution in [0.1, 0.15) is 20.4 Å². The van der Waals surface area contributed by atoms with Crippen LogP contribution in [-0.2, 0) is 0 Å². The van der Waals surface area contributed by atoms with Gasteiger partial charge in [-0.3, -0.25) is 4.79 Å². The van der Waals surface area contributed by atoms with E-state index < -0.39 is 0 Å². The molecule has 0 unspecified atom stereocenters. The highest BCUT2D eigenvalue weighted by Crippen LogP contribution is 2.28. The maximum Gasteiger partial charge on any atom is 0.183 e. The third kappa shape index (κ3) is 3.43. The number of hydrogen-bond acceptors (Lipinski definition) is 7. The molecule has 0 saturated carbocycles. The lowest BCUT2D eigenvalue weighted by molar-refractivity contribution is 0.102. The van der Waals surface area contributed by atoms with Gasteiger partial charge in [-0.1, -0.05) is 17.8 Å². The normalized spacial score (nSPS) is 10.8. The fraction of sp³-hybridized carbons (Fsp3) is 0.200. The van der Waals surface area contributed by atoms with Crippen molar-refractivity contribution in [3.63, 3.8) is 0 Å². The summed E-state index contributed by atoms with van der Waals surface area (Å²) in [6.07, 6.45) is 0. The molecule has 0 amide bonds. The topological polar surface area (TPSA) is 55.7 Å². The Morgan fingerprint density at radius 3 is 2.68 bits per heavy atom.